The van der Waals surface area contributed by atoms with Crippen LogP contribution in [0, 0.1) is 17.0 Å². The number of nitrogens with one attached hydrogen (secondary N) is 1. The summed E-state index contributed by atoms with van der Waals surface area (Å²) in [7, 11) is -3.86. The van der Waals surface area contributed by atoms with Crippen LogP contribution in [-0.4, -0.2) is 18.3 Å². The van der Waals surface area contributed by atoms with E-state index < -0.39 is 21.0 Å². The van der Waals surface area contributed by atoms with Crippen LogP contribution in [0.1, 0.15) is 24.1 Å². The fraction of sp³-hybridized carbons (Fsp3) is 0.214. The van der Waals surface area contributed by atoms with E-state index >= 15 is 0 Å². The van der Waals surface area contributed by atoms with Crippen LogP contribution in [0.2, 0.25) is 0 Å². The number of pyridine rings is 1. The fourth-order valence-electron chi connectivity index (χ4n) is 1.97. The second-order valence-corrected chi connectivity index (χ2v) is 6.54. The largest absolute Gasteiger partial charge is 0.273 e. The lowest BCUT2D eigenvalue weighted by atomic mass is 10.1. The first-order chi connectivity index (χ1) is 10.3. The molecule has 0 saturated heterocycles. The van der Waals surface area contributed by atoms with Crippen molar-refractivity contribution in [2.45, 2.75) is 24.8 Å². The molecule has 7 nitrogen and oxygen atoms in total. The van der Waals surface area contributed by atoms with Gasteiger partial charge in [0.2, 0.25) is 10.0 Å². The van der Waals surface area contributed by atoms with Crippen molar-refractivity contribution in [2.24, 2.45) is 0 Å². The lowest BCUT2D eigenvalue weighted by Gasteiger charge is -2.14. The first-order valence-electron chi connectivity index (χ1n) is 6.48. The van der Waals surface area contributed by atoms with Crippen molar-refractivity contribution in [3.63, 3.8) is 0 Å². The Bertz CT molecular complexity index is 791. The number of hydrogen-bond acceptors (Lipinski definition) is 5. The molecule has 22 heavy (non-hydrogen) atoms. The number of aromatic nitrogens is 1. The molecule has 0 saturated carbocycles. The van der Waals surface area contributed by atoms with Crippen molar-refractivity contribution in [3.8, 4) is 0 Å². The Morgan fingerprint density at radius 2 is 1.86 bits per heavy atom. The summed E-state index contributed by atoms with van der Waals surface area (Å²) >= 11 is 0. The molecule has 0 aliphatic rings. The van der Waals surface area contributed by atoms with Gasteiger partial charge < -0.3 is 0 Å². The van der Waals surface area contributed by atoms with Gasteiger partial charge in [-0.25, -0.2) is 13.1 Å². The Kier molecular flexibility index (Phi) is 4.53. The van der Waals surface area contributed by atoms with Gasteiger partial charge in [0.25, 0.3) is 5.69 Å². The van der Waals surface area contributed by atoms with Gasteiger partial charge in [0.15, 0.2) is 0 Å². The normalized spacial score (nSPS) is 12.8. The van der Waals surface area contributed by atoms with E-state index in [0.717, 1.165) is 11.6 Å². The minimum absolute atomic E-state index is 0.134. The van der Waals surface area contributed by atoms with Gasteiger partial charge in [0.05, 0.1) is 9.82 Å². The number of rotatable bonds is 5. The maximum absolute atomic E-state index is 12.4. The first kappa shape index (κ1) is 16.1. The topological polar surface area (TPSA) is 102 Å². The standard InChI is InChI=1S/C14H15N3O4S/c1-10-3-4-13(9-14(10)17(18)19)22(20,21)16-11(2)12-5-7-15-8-6-12/h3-9,11,16H,1-2H3/t11-/m1/s1. The first-order valence-corrected chi connectivity index (χ1v) is 7.97. The van der Waals surface area contributed by atoms with Crippen LogP contribution in [0.4, 0.5) is 5.69 Å². The molecule has 2 aromatic rings. The van der Waals surface area contributed by atoms with Crippen molar-refractivity contribution >= 4 is 15.7 Å². The molecule has 2 rings (SSSR count). The van der Waals surface area contributed by atoms with E-state index in [-0.39, 0.29) is 10.6 Å². The minimum Gasteiger partial charge on any atom is -0.265 e. The van der Waals surface area contributed by atoms with Gasteiger partial charge in [0.1, 0.15) is 0 Å². The average Bonchev–Trinajstić information content (AvgIpc) is 2.47. The van der Waals surface area contributed by atoms with Crippen molar-refractivity contribution in [2.75, 3.05) is 0 Å². The zero-order valence-corrected chi connectivity index (χ0v) is 12.9. The molecule has 0 amide bonds. The molecule has 8 heteroatoms. The summed E-state index contributed by atoms with van der Waals surface area (Å²) < 4.78 is 27.2. The second kappa shape index (κ2) is 6.20. The molecule has 1 atom stereocenters. The van der Waals surface area contributed by atoms with Crippen LogP contribution in [-0.2, 0) is 10.0 Å². The highest BCUT2D eigenvalue weighted by Gasteiger charge is 2.22. The third-order valence-corrected chi connectivity index (χ3v) is 4.76. The van der Waals surface area contributed by atoms with Crippen molar-refractivity contribution in [3.05, 3.63) is 64.0 Å². The summed E-state index contributed by atoms with van der Waals surface area (Å²) in [6.07, 6.45) is 3.13. The third-order valence-electron chi connectivity index (χ3n) is 3.23. The molecule has 0 radical (unpaired) electrons. The predicted octanol–water partition coefficient (Wildman–Crippen LogP) is 2.34. The van der Waals surface area contributed by atoms with E-state index in [1.165, 1.54) is 12.1 Å². The molecular formula is C14H15N3O4S. The Morgan fingerprint density at radius 3 is 2.45 bits per heavy atom. The molecule has 0 spiro atoms. The number of nitro benzene ring substituents is 1. The molecule has 1 N–H and O–H groups in total. The van der Waals surface area contributed by atoms with Gasteiger partial charge in [-0.1, -0.05) is 6.07 Å². The highest BCUT2D eigenvalue weighted by atomic mass is 32.2. The van der Waals surface area contributed by atoms with Crippen LogP contribution in [0.15, 0.2) is 47.6 Å². The number of benzene rings is 1. The molecule has 0 unspecified atom stereocenters. The van der Waals surface area contributed by atoms with Crippen molar-refractivity contribution < 1.29 is 13.3 Å². The van der Waals surface area contributed by atoms with E-state index in [0.29, 0.717) is 5.56 Å². The summed E-state index contributed by atoms with van der Waals surface area (Å²) in [4.78, 5) is 14.1. The number of nitrogens with zero attached hydrogens (tertiary/aromatic N) is 2. The quantitative estimate of drug-likeness (QED) is 0.672. The highest BCUT2D eigenvalue weighted by Crippen LogP contribution is 2.23. The van der Waals surface area contributed by atoms with E-state index in [2.05, 4.69) is 9.71 Å². The molecule has 1 heterocycles. The van der Waals surface area contributed by atoms with E-state index in [9.17, 15) is 18.5 Å². The lowest BCUT2D eigenvalue weighted by Crippen LogP contribution is -2.27. The highest BCUT2D eigenvalue weighted by molar-refractivity contribution is 7.89. The number of hydrogen-bond donors (Lipinski definition) is 1. The summed E-state index contributed by atoms with van der Waals surface area (Å²) in [5.74, 6) is 0. The van der Waals surface area contributed by atoms with Crippen LogP contribution in [0.5, 0.6) is 0 Å². The SMILES string of the molecule is Cc1ccc(S(=O)(=O)N[C@H](C)c2ccncc2)cc1[N+](=O)[O-]. The second-order valence-electron chi connectivity index (χ2n) is 4.83. The smallest absolute Gasteiger partial charge is 0.265 e. The van der Waals surface area contributed by atoms with Crippen molar-refractivity contribution in [1.29, 1.82) is 0 Å². The van der Waals surface area contributed by atoms with Crippen LogP contribution >= 0.6 is 0 Å². The molecule has 0 bridgehead atoms. The molecule has 1 aromatic carbocycles. The van der Waals surface area contributed by atoms with Gasteiger partial charge in [-0.05, 0) is 37.6 Å². The maximum Gasteiger partial charge on any atom is 0.273 e. The van der Waals surface area contributed by atoms with Gasteiger partial charge in [0, 0.05) is 30.1 Å². The van der Waals surface area contributed by atoms with E-state index in [1.807, 2.05) is 0 Å². The lowest BCUT2D eigenvalue weighted by molar-refractivity contribution is -0.385. The fourth-order valence-corrected chi connectivity index (χ4v) is 3.23. The van der Waals surface area contributed by atoms with E-state index in [4.69, 9.17) is 0 Å². The Labute approximate surface area is 128 Å². The molecule has 116 valence electrons. The molecule has 0 aliphatic carbocycles. The third kappa shape index (κ3) is 3.46. The summed E-state index contributed by atoms with van der Waals surface area (Å²) in [5.41, 5.74) is 0.936. The summed E-state index contributed by atoms with van der Waals surface area (Å²) in [6.45, 7) is 3.25. The van der Waals surface area contributed by atoms with Gasteiger partial charge in [-0.15, -0.1) is 0 Å². The molecule has 0 fully saturated rings. The van der Waals surface area contributed by atoms with Crippen molar-refractivity contribution in [1.82, 2.24) is 9.71 Å². The van der Waals surface area contributed by atoms with Gasteiger partial charge in [-0.3, -0.25) is 15.1 Å². The molecular weight excluding hydrogens is 306 g/mol. The molecule has 1 aromatic heterocycles. The van der Waals surface area contributed by atoms with E-state index in [1.54, 1.807) is 38.4 Å². The Balaban J connectivity index is 2.31. The number of aryl methyl sites for hydroxylation is 1. The van der Waals surface area contributed by atoms with Crippen LogP contribution in [0.25, 0.3) is 0 Å². The minimum atomic E-state index is -3.86. The van der Waals surface area contributed by atoms with Gasteiger partial charge >= 0.3 is 0 Å². The Hall–Kier alpha value is -2.32. The maximum atomic E-state index is 12.4. The summed E-state index contributed by atoms with van der Waals surface area (Å²) in [6, 6.07) is 6.76. The zero-order chi connectivity index (χ0) is 16.3. The van der Waals surface area contributed by atoms with Gasteiger partial charge in [-0.2, -0.15) is 0 Å². The number of sulfonamides is 1. The monoisotopic (exact) mass is 321 g/mol. The Morgan fingerprint density at radius 1 is 1.23 bits per heavy atom. The number of nitro groups is 1. The van der Waals surface area contributed by atoms with Crippen LogP contribution < -0.4 is 4.72 Å². The zero-order valence-electron chi connectivity index (χ0n) is 12.1. The molecule has 0 aliphatic heterocycles. The predicted molar refractivity (Wildman–Crippen MR) is 80.8 cm³/mol. The van der Waals surface area contributed by atoms with Crippen LogP contribution in [0.3, 0.4) is 0 Å². The summed E-state index contributed by atoms with van der Waals surface area (Å²) in [5, 5.41) is 10.9. The average molecular weight is 321 g/mol.